The molecule has 1 aromatic rings. The predicted octanol–water partition coefficient (Wildman–Crippen LogP) is 1.56. The molecule has 0 radical (unpaired) electrons. The molecular formula is C4H6Cl3N3. The third-order valence-electron chi connectivity index (χ3n) is 0.624. The summed E-state index contributed by atoms with van der Waals surface area (Å²) in [7, 11) is 0. The molecule has 58 valence electrons. The van der Waals surface area contributed by atoms with E-state index in [1.165, 1.54) is 12.4 Å². The summed E-state index contributed by atoms with van der Waals surface area (Å²) in [6.07, 6.45) is 2.86. The van der Waals surface area contributed by atoms with Gasteiger partial charge in [-0.2, -0.15) is 0 Å². The van der Waals surface area contributed by atoms with E-state index in [4.69, 9.17) is 17.3 Å². The molecule has 1 heterocycles. The number of hydrogen-bond donors (Lipinski definition) is 1. The molecule has 0 aromatic carbocycles. The van der Waals surface area contributed by atoms with Crippen molar-refractivity contribution in [3.63, 3.8) is 0 Å². The van der Waals surface area contributed by atoms with E-state index in [0.717, 1.165) is 0 Å². The molecule has 0 amide bonds. The average molecular weight is 202 g/mol. The summed E-state index contributed by atoms with van der Waals surface area (Å²) in [5.74, 6) is 0.345. The van der Waals surface area contributed by atoms with Crippen molar-refractivity contribution >= 4 is 42.2 Å². The van der Waals surface area contributed by atoms with Gasteiger partial charge in [0.2, 0.25) is 0 Å². The van der Waals surface area contributed by atoms with Gasteiger partial charge in [0.1, 0.15) is 11.0 Å². The summed E-state index contributed by atoms with van der Waals surface area (Å²) < 4.78 is 0. The van der Waals surface area contributed by atoms with Crippen LogP contribution in [0, 0.1) is 0 Å². The lowest BCUT2D eigenvalue weighted by Gasteiger charge is -1.87. The monoisotopic (exact) mass is 201 g/mol. The Morgan fingerprint density at radius 1 is 1.30 bits per heavy atom. The van der Waals surface area contributed by atoms with E-state index in [1.807, 2.05) is 0 Å². The van der Waals surface area contributed by atoms with E-state index in [9.17, 15) is 0 Å². The highest BCUT2D eigenvalue weighted by atomic mass is 35.5. The number of aromatic nitrogens is 2. The fourth-order valence-corrected chi connectivity index (χ4v) is 0.510. The van der Waals surface area contributed by atoms with Crippen LogP contribution < -0.4 is 5.73 Å². The number of anilines is 1. The minimum atomic E-state index is 0. The van der Waals surface area contributed by atoms with E-state index in [-0.39, 0.29) is 24.8 Å². The molecule has 0 aliphatic heterocycles. The van der Waals surface area contributed by atoms with Gasteiger partial charge in [-0.1, -0.05) is 11.6 Å². The average Bonchev–Trinajstić information content (AvgIpc) is 1.64. The number of nitrogens with zero attached hydrogens (tertiary/aromatic N) is 2. The molecule has 10 heavy (non-hydrogen) atoms. The summed E-state index contributed by atoms with van der Waals surface area (Å²) in [5.41, 5.74) is 5.20. The second-order valence-electron chi connectivity index (χ2n) is 1.27. The quantitative estimate of drug-likeness (QED) is 0.695. The highest BCUT2D eigenvalue weighted by Crippen LogP contribution is 2.01. The van der Waals surface area contributed by atoms with Crippen molar-refractivity contribution in [2.75, 3.05) is 5.73 Å². The van der Waals surface area contributed by atoms with Crippen LogP contribution in [0.15, 0.2) is 12.4 Å². The Labute approximate surface area is 75.8 Å². The summed E-state index contributed by atoms with van der Waals surface area (Å²) in [4.78, 5) is 7.32. The van der Waals surface area contributed by atoms with Gasteiger partial charge in [-0.25, -0.2) is 4.98 Å². The first-order valence-corrected chi connectivity index (χ1v) is 2.40. The summed E-state index contributed by atoms with van der Waals surface area (Å²) in [5, 5.41) is 0.324. The zero-order valence-electron chi connectivity index (χ0n) is 4.82. The second-order valence-corrected chi connectivity index (χ2v) is 1.65. The minimum Gasteiger partial charge on any atom is -0.382 e. The van der Waals surface area contributed by atoms with E-state index in [0.29, 0.717) is 11.0 Å². The maximum Gasteiger partial charge on any atom is 0.149 e. The third-order valence-corrected chi connectivity index (χ3v) is 0.806. The Hall–Kier alpha value is -0.250. The predicted molar refractivity (Wildman–Crippen MR) is 46.0 cm³/mol. The van der Waals surface area contributed by atoms with Crippen LogP contribution in [-0.2, 0) is 0 Å². The highest BCUT2D eigenvalue weighted by Gasteiger charge is 1.86. The zero-order valence-corrected chi connectivity index (χ0v) is 7.21. The van der Waals surface area contributed by atoms with Crippen molar-refractivity contribution in [2.45, 2.75) is 0 Å². The second kappa shape index (κ2) is 5.53. The fourth-order valence-electron chi connectivity index (χ4n) is 0.356. The Kier molecular flexibility index (Phi) is 6.87. The molecular weight excluding hydrogens is 196 g/mol. The van der Waals surface area contributed by atoms with E-state index in [1.54, 1.807) is 0 Å². The van der Waals surface area contributed by atoms with E-state index >= 15 is 0 Å². The third kappa shape index (κ3) is 3.71. The molecule has 1 rings (SSSR count). The number of nitrogens with two attached hydrogens (primary N) is 1. The topological polar surface area (TPSA) is 51.8 Å². The van der Waals surface area contributed by atoms with Crippen molar-refractivity contribution in [3.8, 4) is 0 Å². The number of halogens is 3. The van der Waals surface area contributed by atoms with Crippen LogP contribution in [-0.4, -0.2) is 9.97 Å². The molecule has 0 saturated heterocycles. The minimum absolute atomic E-state index is 0. The molecule has 0 atom stereocenters. The maximum absolute atomic E-state index is 5.39. The van der Waals surface area contributed by atoms with Crippen LogP contribution in [0.1, 0.15) is 0 Å². The van der Waals surface area contributed by atoms with Crippen LogP contribution >= 0.6 is 36.4 Å². The number of rotatable bonds is 0. The van der Waals surface area contributed by atoms with Crippen LogP contribution in [0.3, 0.4) is 0 Å². The van der Waals surface area contributed by atoms with Gasteiger partial charge in [0, 0.05) is 0 Å². The van der Waals surface area contributed by atoms with Crippen molar-refractivity contribution < 1.29 is 0 Å². The Morgan fingerprint density at radius 3 is 2.20 bits per heavy atom. The first-order chi connectivity index (χ1) is 3.79. The zero-order chi connectivity index (χ0) is 5.98. The molecule has 6 heteroatoms. The molecule has 0 bridgehead atoms. The molecule has 0 spiro atoms. The summed E-state index contributed by atoms with van der Waals surface area (Å²) in [6, 6.07) is 0. The Morgan fingerprint density at radius 2 is 1.90 bits per heavy atom. The van der Waals surface area contributed by atoms with Crippen LogP contribution in [0.2, 0.25) is 5.15 Å². The standard InChI is InChI=1S/C4H4ClN3.2ClH/c5-3-1-7-2-4(6)8-3;;/h1-2H,(H2,6,8);2*1H. The van der Waals surface area contributed by atoms with Gasteiger partial charge in [0.05, 0.1) is 12.4 Å². The maximum atomic E-state index is 5.39. The highest BCUT2D eigenvalue weighted by molar-refractivity contribution is 6.29. The van der Waals surface area contributed by atoms with Gasteiger partial charge in [0.25, 0.3) is 0 Å². The normalized spacial score (nSPS) is 7.30. The van der Waals surface area contributed by atoms with Crippen LogP contribution in [0.5, 0.6) is 0 Å². The van der Waals surface area contributed by atoms with Crippen LogP contribution in [0.25, 0.3) is 0 Å². The Bertz CT molecular complexity index is 176. The van der Waals surface area contributed by atoms with E-state index in [2.05, 4.69) is 9.97 Å². The molecule has 1 aromatic heterocycles. The van der Waals surface area contributed by atoms with Gasteiger partial charge in [-0.15, -0.1) is 24.8 Å². The van der Waals surface area contributed by atoms with E-state index < -0.39 is 0 Å². The van der Waals surface area contributed by atoms with Gasteiger partial charge in [0.15, 0.2) is 0 Å². The molecule has 3 nitrogen and oxygen atoms in total. The Balaban J connectivity index is 0. The fraction of sp³-hybridized carbons (Fsp3) is 0. The van der Waals surface area contributed by atoms with Gasteiger partial charge >= 0.3 is 0 Å². The van der Waals surface area contributed by atoms with Gasteiger partial charge in [-0.3, -0.25) is 4.98 Å². The van der Waals surface area contributed by atoms with Crippen molar-refractivity contribution in [1.82, 2.24) is 9.97 Å². The largest absolute Gasteiger partial charge is 0.382 e. The summed E-state index contributed by atoms with van der Waals surface area (Å²) in [6.45, 7) is 0. The van der Waals surface area contributed by atoms with Crippen molar-refractivity contribution in [2.24, 2.45) is 0 Å². The van der Waals surface area contributed by atoms with Crippen molar-refractivity contribution in [3.05, 3.63) is 17.5 Å². The smallest absolute Gasteiger partial charge is 0.149 e. The SMILES string of the molecule is Cl.Cl.Nc1cncc(Cl)n1. The van der Waals surface area contributed by atoms with Gasteiger partial charge in [-0.05, 0) is 0 Å². The number of hydrogen-bond acceptors (Lipinski definition) is 3. The molecule has 0 aliphatic rings. The molecule has 0 saturated carbocycles. The lowest BCUT2D eigenvalue weighted by molar-refractivity contribution is 1.21. The van der Waals surface area contributed by atoms with Crippen LogP contribution in [0.4, 0.5) is 5.82 Å². The first-order valence-electron chi connectivity index (χ1n) is 2.02. The molecule has 0 unspecified atom stereocenters. The van der Waals surface area contributed by atoms with Gasteiger partial charge < -0.3 is 5.73 Å². The first kappa shape index (κ1) is 12.4. The molecule has 0 fully saturated rings. The summed E-state index contributed by atoms with van der Waals surface area (Å²) >= 11 is 5.39. The lowest BCUT2D eigenvalue weighted by atomic mass is 10.7. The molecule has 0 aliphatic carbocycles. The van der Waals surface area contributed by atoms with Crippen molar-refractivity contribution in [1.29, 1.82) is 0 Å². The molecule has 2 N–H and O–H groups in total. The lowest BCUT2D eigenvalue weighted by Crippen LogP contribution is -1.89. The number of nitrogen functional groups attached to an aromatic ring is 1.